The van der Waals surface area contributed by atoms with Crippen LogP contribution in [0, 0.1) is 0 Å². The van der Waals surface area contributed by atoms with Gasteiger partial charge < -0.3 is 5.11 Å². The van der Waals surface area contributed by atoms with Crippen LogP contribution in [-0.2, 0) is 4.79 Å². The van der Waals surface area contributed by atoms with Gasteiger partial charge >= 0.3 is 5.97 Å². The fourth-order valence-corrected chi connectivity index (χ4v) is 2.10. The van der Waals surface area contributed by atoms with Crippen molar-refractivity contribution >= 4 is 5.97 Å². The van der Waals surface area contributed by atoms with Crippen LogP contribution in [0.1, 0.15) is 64.7 Å². The normalized spacial score (nSPS) is 13.2. The number of carboxylic acids is 1. The van der Waals surface area contributed by atoms with E-state index in [1.807, 2.05) is 13.0 Å². The lowest BCUT2D eigenvalue weighted by Gasteiger charge is -2.00. The first-order valence-electron chi connectivity index (χ1n) is 9.02. The molecule has 0 radical (unpaired) electrons. The number of azide groups is 1. The molecule has 25 heavy (non-hydrogen) atoms. The Hall–Kier alpha value is -2.26. The van der Waals surface area contributed by atoms with E-state index in [4.69, 9.17) is 10.6 Å². The molecule has 0 bridgehead atoms. The molecule has 0 rings (SSSR count). The molecule has 0 heterocycles. The van der Waals surface area contributed by atoms with Crippen LogP contribution in [0.3, 0.4) is 0 Å². The predicted octanol–water partition coefficient (Wildman–Crippen LogP) is 6.51. The van der Waals surface area contributed by atoms with Crippen LogP contribution in [0.15, 0.2) is 53.7 Å². The number of nitrogens with zero attached hydrogens (tertiary/aromatic N) is 3. The second kappa shape index (κ2) is 18.1. The Balaban J connectivity index is 3.50. The molecule has 138 valence electrons. The number of aliphatic carboxylic acids is 1. The highest BCUT2D eigenvalue weighted by Crippen LogP contribution is 2.05. The number of rotatable bonds is 15. The maximum atomic E-state index is 10.3. The Bertz CT molecular complexity index is 501. The van der Waals surface area contributed by atoms with Crippen molar-refractivity contribution in [2.75, 3.05) is 0 Å². The maximum absolute atomic E-state index is 10.3. The molecule has 0 aromatic heterocycles. The summed E-state index contributed by atoms with van der Waals surface area (Å²) in [6.45, 7) is 1.94. The van der Waals surface area contributed by atoms with Crippen molar-refractivity contribution in [1.29, 1.82) is 0 Å². The second-order valence-corrected chi connectivity index (χ2v) is 5.86. The molecule has 0 aliphatic heterocycles. The summed E-state index contributed by atoms with van der Waals surface area (Å²) in [6.07, 6.45) is 24.6. The van der Waals surface area contributed by atoms with Gasteiger partial charge in [0.1, 0.15) is 0 Å². The van der Waals surface area contributed by atoms with E-state index < -0.39 is 5.97 Å². The van der Waals surface area contributed by atoms with Gasteiger partial charge in [0.05, 0.1) is 0 Å². The number of carboxylic acid groups (broad SMARTS) is 1. The number of hydrogen-bond donors (Lipinski definition) is 1. The van der Waals surface area contributed by atoms with E-state index >= 15 is 0 Å². The van der Waals surface area contributed by atoms with Gasteiger partial charge in [-0.1, -0.05) is 60.6 Å². The Morgan fingerprint density at radius 3 is 1.92 bits per heavy atom. The number of unbranched alkanes of at least 4 members (excludes halogenated alkanes) is 2. The van der Waals surface area contributed by atoms with E-state index in [0.29, 0.717) is 6.42 Å². The summed E-state index contributed by atoms with van der Waals surface area (Å²) in [5, 5.41) is 12.2. The molecule has 0 saturated heterocycles. The lowest BCUT2D eigenvalue weighted by Crippen LogP contribution is -1.94. The van der Waals surface area contributed by atoms with Crippen molar-refractivity contribution in [2.45, 2.75) is 70.8 Å². The Kier molecular flexibility index (Phi) is 16.4. The molecule has 1 N–H and O–H groups in total. The van der Waals surface area contributed by atoms with Gasteiger partial charge in [-0.15, -0.1) is 0 Å². The summed E-state index contributed by atoms with van der Waals surface area (Å²) in [5.41, 5.74) is 8.30. The summed E-state index contributed by atoms with van der Waals surface area (Å²) in [7, 11) is 0. The van der Waals surface area contributed by atoms with E-state index in [0.717, 1.165) is 44.9 Å². The van der Waals surface area contributed by atoms with Crippen molar-refractivity contribution in [3.8, 4) is 0 Å². The van der Waals surface area contributed by atoms with Gasteiger partial charge in [-0.25, -0.2) is 0 Å². The largest absolute Gasteiger partial charge is 0.481 e. The third-order valence-electron chi connectivity index (χ3n) is 3.49. The maximum Gasteiger partial charge on any atom is 0.303 e. The molecule has 0 fully saturated rings. The second-order valence-electron chi connectivity index (χ2n) is 5.86. The molecule has 0 saturated carbocycles. The summed E-state index contributed by atoms with van der Waals surface area (Å²) >= 11 is 0. The zero-order chi connectivity index (χ0) is 18.6. The molecular formula is C20H31N3O2. The van der Waals surface area contributed by atoms with Crippen molar-refractivity contribution in [2.24, 2.45) is 5.11 Å². The standard InChI is InChI=1S/C20H31N3O2/c1-19(22-23-21)17-15-13-11-9-7-5-3-2-4-6-8-10-12-14-16-18-20(24)25/h3-6,9-12,19H,2,7-8,13-18H2,1H3,(H,24,25). The van der Waals surface area contributed by atoms with Crippen LogP contribution >= 0.6 is 0 Å². The predicted molar refractivity (Wildman–Crippen MR) is 104 cm³/mol. The molecule has 0 aromatic carbocycles. The molecule has 0 spiro atoms. The van der Waals surface area contributed by atoms with E-state index in [1.54, 1.807) is 0 Å². The summed E-state index contributed by atoms with van der Waals surface area (Å²) in [5.74, 6) is -0.727. The van der Waals surface area contributed by atoms with Crippen molar-refractivity contribution < 1.29 is 9.90 Å². The molecule has 0 amide bonds. The van der Waals surface area contributed by atoms with Crippen LogP contribution in [0.4, 0.5) is 0 Å². The topological polar surface area (TPSA) is 86.1 Å². The molecule has 5 nitrogen and oxygen atoms in total. The summed E-state index contributed by atoms with van der Waals surface area (Å²) < 4.78 is 0. The monoisotopic (exact) mass is 345 g/mol. The lowest BCUT2D eigenvalue weighted by molar-refractivity contribution is -0.137. The van der Waals surface area contributed by atoms with Gasteiger partial charge in [0.15, 0.2) is 0 Å². The fourth-order valence-electron chi connectivity index (χ4n) is 2.10. The Labute approximate surface area is 151 Å². The zero-order valence-corrected chi connectivity index (χ0v) is 15.3. The van der Waals surface area contributed by atoms with Crippen LogP contribution in [0.25, 0.3) is 10.4 Å². The first-order chi connectivity index (χ1) is 12.2. The molecule has 1 unspecified atom stereocenters. The quantitative estimate of drug-likeness (QED) is 0.121. The molecule has 0 aliphatic rings. The van der Waals surface area contributed by atoms with Gasteiger partial charge in [-0.3, -0.25) is 4.79 Å². The van der Waals surface area contributed by atoms with Gasteiger partial charge in [-0.2, -0.15) is 0 Å². The average Bonchev–Trinajstić information content (AvgIpc) is 2.57. The first kappa shape index (κ1) is 22.7. The highest BCUT2D eigenvalue weighted by atomic mass is 16.4. The van der Waals surface area contributed by atoms with Gasteiger partial charge in [0.2, 0.25) is 0 Å². The Morgan fingerprint density at radius 2 is 1.44 bits per heavy atom. The van der Waals surface area contributed by atoms with Gasteiger partial charge in [0, 0.05) is 17.4 Å². The third kappa shape index (κ3) is 19.7. The van der Waals surface area contributed by atoms with Crippen LogP contribution < -0.4 is 0 Å². The molecule has 0 aromatic rings. The van der Waals surface area contributed by atoms with Crippen LogP contribution in [0.2, 0.25) is 0 Å². The highest BCUT2D eigenvalue weighted by Gasteiger charge is 1.95. The van der Waals surface area contributed by atoms with E-state index in [1.165, 1.54) is 0 Å². The van der Waals surface area contributed by atoms with E-state index in [2.05, 4.69) is 52.6 Å². The minimum atomic E-state index is -0.727. The van der Waals surface area contributed by atoms with Crippen LogP contribution in [-0.4, -0.2) is 17.1 Å². The average molecular weight is 345 g/mol. The highest BCUT2D eigenvalue weighted by molar-refractivity contribution is 5.66. The molecule has 5 heteroatoms. The number of allylic oxidation sites excluding steroid dienone is 8. The van der Waals surface area contributed by atoms with Crippen molar-refractivity contribution in [1.82, 2.24) is 0 Å². The minimum absolute atomic E-state index is 0.0877. The minimum Gasteiger partial charge on any atom is -0.481 e. The van der Waals surface area contributed by atoms with E-state index in [9.17, 15) is 4.79 Å². The third-order valence-corrected chi connectivity index (χ3v) is 3.49. The fraction of sp³-hybridized carbons (Fsp3) is 0.550. The van der Waals surface area contributed by atoms with Gasteiger partial charge in [-0.05, 0) is 56.9 Å². The SMILES string of the molecule is CC(CCCC=CCC=CCC=CCC=CCCCC(=O)O)N=[N+]=[N-]. The zero-order valence-electron chi connectivity index (χ0n) is 15.3. The number of hydrogen-bond acceptors (Lipinski definition) is 2. The molecular weight excluding hydrogens is 314 g/mol. The lowest BCUT2D eigenvalue weighted by atomic mass is 10.1. The van der Waals surface area contributed by atoms with Crippen molar-refractivity contribution in [3.05, 3.63) is 59.1 Å². The number of carbonyl (C=O) groups is 1. The van der Waals surface area contributed by atoms with Crippen LogP contribution in [0.5, 0.6) is 0 Å². The van der Waals surface area contributed by atoms with Crippen molar-refractivity contribution in [3.63, 3.8) is 0 Å². The summed E-state index contributed by atoms with van der Waals surface area (Å²) in [4.78, 5) is 13.1. The first-order valence-corrected chi connectivity index (χ1v) is 9.02. The Morgan fingerprint density at radius 1 is 0.960 bits per heavy atom. The van der Waals surface area contributed by atoms with E-state index in [-0.39, 0.29) is 12.5 Å². The smallest absolute Gasteiger partial charge is 0.303 e. The summed E-state index contributed by atoms with van der Waals surface area (Å²) in [6, 6.07) is 0.0877. The van der Waals surface area contributed by atoms with Gasteiger partial charge in [0.25, 0.3) is 0 Å². The molecule has 1 atom stereocenters. The molecule has 0 aliphatic carbocycles.